The molecule has 0 saturated carbocycles. The maximum absolute atomic E-state index is 12.0. The Morgan fingerprint density at radius 2 is 1.86 bits per heavy atom. The number of hydrogen-bond donors (Lipinski definition) is 1. The molecule has 1 aromatic heterocycles. The van der Waals surface area contributed by atoms with Crippen LogP contribution in [-0.4, -0.2) is 21.9 Å². The quantitative estimate of drug-likeness (QED) is 0.416. The van der Waals surface area contributed by atoms with Crippen LogP contribution in [0, 0.1) is 0 Å². The highest BCUT2D eigenvalue weighted by molar-refractivity contribution is 7.99. The summed E-state index contributed by atoms with van der Waals surface area (Å²) < 4.78 is 5.73. The average Bonchev–Trinajstić information content (AvgIpc) is 3.16. The zero-order valence-corrected chi connectivity index (χ0v) is 16.3. The van der Waals surface area contributed by atoms with Gasteiger partial charge in [-0.3, -0.25) is 4.79 Å². The van der Waals surface area contributed by atoms with Gasteiger partial charge in [0.15, 0.2) is 0 Å². The number of rotatable bonds is 6. The van der Waals surface area contributed by atoms with Gasteiger partial charge in [-0.15, -0.1) is 10.2 Å². The average molecular weight is 410 g/mol. The number of benzene rings is 3. The molecular formula is C21H16ClN3O2S. The van der Waals surface area contributed by atoms with Crippen molar-refractivity contribution in [3.8, 4) is 11.5 Å². The molecule has 0 fully saturated rings. The van der Waals surface area contributed by atoms with Gasteiger partial charge < -0.3 is 9.73 Å². The van der Waals surface area contributed by atoms with Gasteiger partial charge in [0.25, 0.3) is 5.22 Å². The molecule has 0 bridgehead atoms. The number of amides is 1. The first kappa shape index (κ1) is 18.5. The van der Waals surface area contributed by atoms with Gasteiger partial charge in [-0.25, -0.2) is 0 Å². The van der Waals surface area contributed by atoms with E-state index in [1.807, 2.05) is 36.4 Å². The fraction of sp³-hybridized carbons (Fsp3) is 0.0952. The van der Waals surface area contributed by atoms with Gasteiger partial charge in [-0.05, 0) is 41.1 Å². The van der Waals surface area contributed by atoms with Gasteiger partial charge in [-0.2, -0.15) is 0 Å². The lowest BCUT2D eigenvalue weighted by Crippen LogP contribution is -2.12. The summed E-state index contributed by atoms with van der Waals surface area (Å²) in [6, 6.07) is 21.2. The highest BCUT2D eigenvalue weighted by Gasteiger charge is 2.11. The van der Waals surface area contributed by atoms with Gasteiger partial charge in [0, 0.05) is 28.4 Å². The predicted molar refractivity (Wildman–Crippen MR) is 113 cm³/mol. The van der Waals surface area contributed by atoms with Crippen molar-refractivity contribution in [2.75, 3.05) is 11.1 Å². The van der Waals surface area contributed by atoms with Crippen molar-refractivity contribution in [3.63, 3.8) is 0 Å². The molecule has 5 nitrogen and oxygen atoms in total. The number of thioether (sulfide) groups is 1. The monoisotopic (exact) mass is 409 g/mol. The van der Waals surface area contributed by atoms with E-state index < -0.39 is 0 Å². The molecule has 0 aliphatic carbocycles. The van der Waals surface area contributed by atoms with Crippen molar-refractivity contribution in [3.05, 3.63) is 71.8 Å². The molecule has 28 heavy (non-hydrogen) atoms. The van der Waals surface area contributed by atoms with Crippen LogP contribution >= 0.6 is 23.4 Å². The molecule has 0 spiro atoms. The molecule has 0 aliphatic rings. The van der Waals surface area contributed by atoms with Crippen molar-refractivity contribution in [1.29, 1.82) is 0 Å². The largest absolute Gasteiger partial charge is 0.411 e. The van der Waals surface area contributed by atoms with Crippen LogP contribution in [-0.2, 0) is 4.79 Å². The van der Waals surface area contributed by atoms with E-state index in [9.17, 15) is 4.79 Å². The molecule has 0 atom stereocenters. The molecule has 4 aromatic rings. The Morgan fingerprint density at radius 1 is 1.00 bits per heavy atom. The molecule has 1 heterocycles. The summed E-state index contributed by atoms with van der Waals surface area (Å²) in [5.41, 5.74) is 1.55. The Labute approximate surface area is 171 Å². The second-order valence-electron chi connectivity index (χ2n) is 6.09. The number of hydrogen-bond acceptors (Lipinski definition) is 5. The van der Waals surface area contributed by atoms with Crippen LogP contribution in [0.2, 0.25) is 5.02 Å². The number of anilines is 1. The Morgan fingerprint density at radius 3 is 2.71 bits per heavy atom. The second kappa shape index (κ2) is 8.46. The van der Waals surface area contributed by atoms with E-state index in [1.54, 1.807) is 24.3 Å². The fourth-order valence-electron chi connectivity index (χ4n) is 2.73. The summed E-state index contributed by atoms with van der Waals surface area (Å²) >= 11 is 7.27. The maximum atomic E-state index is 12.0. The van der Waals surface area contributed by atoms with Crippen LogP contribution < -0.4 is 5.32 Å². The summed E-state index contributed by atoms with van der Waals surface area (Å²) in [5, 5.41) is 14.3. The Kier molecular flexibility index (Phi) is 5.60. The molecule has 1 amide bonds. The van der Waals surface area contributed by atoms with Crippen molar-refractivity contribution < 1.29 is 9.21 Å². The topological polar surface area (TPSA) is 68.0 Å². The molecule has 3 aromatic carbocycles. The first-order valence-electron chi connectivity index (χ1n) is 8.68. The predicted octanol–water partition coefficient (Wildman–Crippen LogP) is 5.66. The molecular weight excluding hydrogens is 394 g/mol. The van der Waals surface area contributed by atoms with E-state index in [4.69, 9.17) is 16.0 Å². The lowest BCUT2D eigenvalue weighted by atomic mass is 10.1. The lowest BCUT2D eigenvalue weighted by molar-refractivity contribution is -0.115. The van der Waals surface area contributed by atoms with Crippen molar-refractivity contribution in [2.24, 2.45) is 0 Å². The molecule has 0 radical (unpaired) electrons. The summed E-state index contributed by atoms with van der Waals surface area (Å²) in [7, 11) is 0. The number of carbonyl (C=O) groups is 1. The SMILES string of the molecule is O=C(CCSc1nnc(-c2ccc3ccccc3c2)o1)Nc1cccc(Cl)c1. The van der Waals surface area contributed by atoms with Crippen LogP contribution in [0.5, 0.6) is 0 Å². The third-order valence-electron chi connectivity index (χ3n) is 4.07. The summed E-state index contributed by atoms with van der Waals surface area (Å²) in [6.45, 7) is 0. The zero-order valence-electron chi connectivity index (χ0n) is 14.8. The van der Waals surface area contributed by atoms with Gasteiger partial charge in [0.2, 0.25) is 11.8 Å². The minimum atomic E-state index is -0.0935. The van der Waals surface area contributed by atoms with Crippen LogP contribution in [0.3, 0.4) is 0 Å². The number of carbonyl (C=O) groups excluding carboxylic acids is 1. The minimum absolute atomic E-state index is 0.0935. The molecule has 7 heteroatoms. The van der Waals surface area contributed by atoms with E-state index in [0.717, 1.165) is 16.3 Å². The summed E-state index contributed by atoms with van der Waals surface area (Å²) in [5.74, 6) is 0.909. The zero-order chi connectivity index (χ0) is 19.3. The van der Waals surface area contributed by atoms with Crippen LogP contribution in [0.15, 0.2) is 76.4 Å². The first-order valence-corrected chi connectivity index (χ1v) is 10.0. The number of halogens is 1. The first-order chi connectivity index (χ1) is 13.7. The molecule has 0 unspecified atom stereocenters. The van der Waals surface area contributed by atoms with E-state index in [1.165, 1.54) is 11.8 Å². The van der Waals surface area contributed by atoms with Crippen LogP contribution in [0.4, 0.5) is 5.69 Å². The van der Waals surface area contributed by atoms with E-state index >= 15 is 0 Å². The van der Waals surface area contributed by atoms with Gasteiger partial charge in [-0.1, -0.05) is 59.8 Å². The third kappa shape index (κ3) is 4.52. The maximum Gasteiger partial charge on any atom is 0.276 e. The van der Waals surface area contributed by atoms with Crippen molar-refractivity contribution >= 4 is 45.7 Å². The van der Waals surface area contributed by atoms with Crippen molar-refractivity contribution in [1.82, 2.24) is 10.2 Å². The number of nitrogens with one attached hydrogen (secondary N) is 1. The molecule has 0 saturated heterocycles. The highest BCUT2D eigenvalue weighted by atomic mass is 35.5. The smallest absolute Gasteiger partial charge is 0.276 e. The normalized spacial score (nSPS) is 10.9. The number of fused-ring (bicyclic) bond motifs is 1. The van der Waals surface area contributed by atoms with Gasteiger partial charge in [0.05, 0.1) is 0 Å². The summed E-state index contributed by atoms with van der Waals surface area (Å²) in [4.78, 5) is 12.0. The van der Waals surface area contributed by atoms with E-state index in [-0.39, 0.29) is 5.91 Å². The Balaban J connectivity index is 1.33. The third-order valence-corrected chi connectivity index (χ3v) is 5.12. The molecule has 0 aliphatic heterocycles. The second-order valence-corrected chi connectivity index (χ2v) is 7.57. The lowest BCUT2D eigenvalue weighted by Gasteiger charge is -2.04. The highest BCUT2D eigenvalue weighted by Crippen LogP contribution is 2.26. The molecule has 4 rings (SSSR count). The number of aromatic nitrogens is 2. The number of nitrogens with zero attached hydrogens (tertiary/aromatic N) is 2. The van der Waals surface area contributed by atoms with E-state index in [2.05, 4.69) is 21.6 Å². The van der Waals surface area contributed by atoms with E-state index in [0.29, 0.717) is 34.0 Å². The van der Waals surface area contributed by atoms with Gasteiger partial charge in [0.1, 0.15) is 0 Å². The van der Waals surface area contributed by atoms with Crippen LogP contribution in [0.25, 0.3) is 22.2 Å². The standard InChI is InChI=1S/C21H16ClN3O2S/c22-17-6-3-7-18(13-17)23-19(26)10-11-28-21-25-24-20(27-21)16-9-8-14-4-1-2-5-15(14)12-16/h1-9,12-13H,10-11H2,(H,23,26). The summed E-state index contributed by atoms with van der Waals surface area (Å²) in [6.07, 6.45) is 0.324. The van der Waals surface area contributed by atoms with Gasteiger partial charge >= 0.3 is 0 Å². The van der Waals surface area contributed by atoms with Crippen molar-refractivity contribution in [2.45, 2.75) is 11.6 Å². The molecule has 1 N–H and O–H groups in total. The fourth-order valence-corrected chi connectivity index (χ4v) is 3.62. The Bertz CT molecular complexity index is 1130. The van der Waals surface area contributed by atoms with Crippen LogP contribution in [0.1, 0.15) is 6.42 Å². The minimum Gasteiger partial charge on any atom is -0.411 e. The Hall–Kier alpha value is -2.83. The molecule has 140 valence electrons.